The van der Waals surface area contributed by atoms with Gasteiger partial charge in [-0.05, 0) is 45.3 Å². The Labute approximate surface area is 149 Å². The maximum Gasteiger partial charge on any atom is 0.142 e. The number of hydrogen-bond donors (Lipinski definition) is 1. The lowest BCUT2D eigenvalue weighted by atomic mass is 9.98. The Balaban J connectivity index is 1.67. The van der Waals surface area contributed by atoms with Crippen LogP contribution in [0.4, 0.5) is 0 Å². The van der Waals surface area contributed by atoms with Crippen LogP contribution in [0.25, 0.3) is 49.5 Å². The van der Waals surface area contributed by atoms with E-state index in [1.165, 1.54) is 27.1 Å². The fraction of sp³-hybridized carbons (Fsp3) is 0. The van der Waals surface area contributed by atoms with Gasteiger partial charge in [-0.1, -0.05) is 54.6 Å². The number of aromatic amines is 1. The van der Waals surface area contributed by atoms with Crippen LogP contribution in [-0.2, 0) is 0 Å². The molecule has 122 valence electrons. The Morgan fingerprint density at radius 2 is 1.58 bits per heavy atom. The third kappa shape index (κ3) is 1.80. The van der Waals surface area contributed by atoms with Crippen LogP contribution in [-0.4, -0.2) is 14.4 Å². The van der Waals surface area contributed by atoms with Crippen LogP contribution in [0.1, 0.15) is 0 Å². The van der Waals surface area contributed by atoms with Gasteiger partial charge in [-0.25, -0.2) is 4.98 Å². The van der Waals surface area contributed by atoms with Crippen molar-refractivity contribution in [1.29, 1.82) is 0 Å². The van der Waals surface area contributed by atoms with Crippen molar-refractivity contribution in [3.8, 4) is 11.1 Å². The smallest absolute Gasteiger partial charge is 0.142 e. The second-order valence-corrected chi connectivity index (χ2v) is 6.66. The topological polar surface area (TPSA) is 33.1 Å². The molecule has 0 radical (unpaired) electrons. The number of aromatic nitrogens is 3. The van der Waals surface area contributed by atoms with Gasteiger partial charge in [-0.15, -0.1) is 0 Å². The van der Waals surface area contributed by atoms with E-state index in [0.717, 1.165) is 22.4 Å². The van der Waals surface area contributed by atoms with Gasteiger partial charge in [0.25, 0.3) is 0 Å². The highest BCUT2D eigenvalue weighted by Gasteiger charge is 2.13. The molecule has 1 N–H and O–H groups in total. The van der Waals surface area contributed by atoms with E-state index in [-0.39, 0.29) is 0 Å². The fourth-order valence-electron chi connectivity index (χ4n) is 3.92. The minimum absolute atomic E-state index is 0.960. The molecule has 0 aliphatic heterocycles. The minimum Gasteiger partial charge on any atom is -0.345 e. The monoisotopic (exact) mass is 333 g/mol. The zero-order valence-electron chi connectivity index (χ0n) is 14.0. The standard InChI is InChI=1S/C23H15N3/c1-2-6-18-15(5-1)8-9-16-10-11-17(13-19(16)18)20-14-24-23-22(20)25-21-7-3-4-12-26(21)23/h1-14,24H. The molecule has 0 atom stereocenters. The van der Waals surface area contributed by atoms with E-state index in [1.807, 2.05) is 24.4 Å². The largest absolute Gasteiger partial charge is 0.345 e. The molecule has 6 aromatic rings. The van der Waals surface area contributed by atoms with Crippen LogP contribution in [0, 0.1) is 0 Å². The van der Waals surface area contributed by atoms with E-state index in [2.05, 4.69) is 70.2 Å². The molecule has 3 heteroatoms. The fourth-order valence-corrected chi connectivity index (χ4v) is 3.92. The summed E-state index contributed by atoms with van der Waals surface area (Å²) in [4.78, 5) is 8.22. The van der Waals surface area contributed by atoms with E-state index in [0.29, 0.717) is 0 Å². The average molecular weight is 333 g/mol. The summed E-state index contributed by atoms with van der Waals surface area (Å²) in [7, 11) is 0. The minimum atomic E-state index is 0.960. The van der Waals surface area contributed by atoms with E-state index in [9.17, 15) is 0 Å². The molecule has 3 heterocycles. The van der Waals surface area contributed by atoms with Crippen LogP contribution in [0.5, 0.6) is 0 Å². The Morgan fingerprint density at radius 1 is 0.769 bits per heavy atom. The highest BCUT2D eigenvalue weighted by Crippen LogP contribution is 2.33. The zero-order chi connectivity index (χ0) is 17.1. The maximum atomic E-state index is 4.83. The number of hydrogen-bond acceptors (Lipinski definition) is 1. The van der Waals surface area contributed by atoms with Crippen LogP contribution in [0.15, 0.2) is 85.2 Å². The van der Waals surface area contributed by atoms with Crippen LogP contribution in [0.2, 0.25) is 0 Å². The molecule has 0 aliphatic carbocycles. The van der Waals surface area contributed by atoms with Crippen molar-refractivity contribution in [3.05, 3.63) is 85.2 Å². The number of fused-ring (bicyclic) bond motifs is 6. The summed E-state index contributed by atoms with van der Waals surface area (Å²) in [6.07, 6.45) is 4.10. The predicted octanol–water partition coefficient (Wildman–Crippen LogP) is 5.79. The van der Waals surface area contributed by atoms with Gasteiger partial charge in [0, 0.05) is 18.0 Å². The maximum absolute atomic E-state index is 4.83. The lowest BCUT2D eigenvalue weighted by Gasteiger charge is -2.06. The molecule has 6 rings (SSSR count). The SMILES string of the molecule is c1ccc2c(c1)ccc1ccc(-c3c[nH]c4c3nc3ccccn34)cc12. The highest BCUT2D eigenvalue weighted by molar-refractivity contribution is 6.09. The first-order chi connectivity index (χ1) is 12.9. The quantitative estimate of drug-likeness (QED) is 0.380. The number of pyridine rings is 1. The van der Waals surface area contributed by atoms with Gasteiger partial charge in [0.1, 0.15) is 16.8 Å². The van der Waals surface area contributed by atoms with Gasteiger partial charge in [-0.3, -0.25) is 4.40 Å². The normalized spacial score (nSPS) is 11.8. The van der Waals surface area contributed by atoms with Gasteiger partial charge in [0.15, 0.2) is 0 Å². The summed E-state index contributed by atoms with van der Waals surface area (Å²) in [6, 6.07) is 25.7. The van der Waals surface area contributed by atoms with E-state index < -0.39 is 0 Å². The Kier molecular flexibility index (Phi) is 2.61. The molecule has 0 spiro atoms. The second kappa shape index (κ2) is 4.96. The van der Waals surface area contributed by atoms with Crippen molar-refractivity contribution in [2.45, 2.75) is 0 Å². The van der Waals surface area contributed by atoms with Crippen molar-refractivity contribution in [2.24, 2.45) is 0 Å². The van der Waals surface area contributed by atoms with Crippen molar-refractivity contribution < 1.29 is 0 Å². The van der Waals surface area contributed by atoms with Crippen molar-refractivity contribution in [2.75, 3.05) is 0 Å². The van der Waals surface area contributed by atoms with Gasteiger partial charge in [-0.2, -0.15) is 0 Å². The highest BCUT2D eigenvalue weighted by atomic mass is 15.1. The molecule has 26 heavy (non-hydrogen) atoms. The summed E-state index contributed by atoms with van der Waals surface area (Å²) in [5, 5.41) is 5.09. The second-order valence-electron chi connectivity index (χ2n) is 6.66. The summed E-state index contributed by atoms with van der Waals surface area (Å²) in [5.74, 6) is 0. The molecular weight excluding hydrogens is 318 g/mol. The molecule has 0 unspecified atom stereocenters. The van der Waals surface area contributed by atoms with Crippen molar-refractivity contribution >= 4 is 38.4 Å². The third-order valence-corrected chi connectivity index (χ3v) is 5.20. The molecule has 0 bridgehead atoms. The lowest BCUT2D eigenvalue weighted by molar-refractivity contribution is 1.19. The first-order valence-electron chi connectivity index (χ1n) is 8.74. The molecule has 0 fully saturated rings. The molecule has 3 nitrogen and oxygen atoms in total. The van der Waals surface area contributed by atoms with Gasteiger partial charge in [0.2, 0.25) is 0 Å². The first kappa shape index (κ1) is 13.7. The lowest BCUT2D eigenvalue weighted by Crippen LogP contribution is -1.82. The first-order valence-corrected chi connectivity index (χ1v) is 8.74. The number of nitrogens with zero attached hydrogens (tertiary/aromatic N) is 2. The summed E-state index contributed by atoms with van der Waals surface area (Å²) < 4.78 is 2.09. The van der Waals surface area contributed by atoms with Crippen molar-refractivity contribution in [3.63, 3.8) is 0 Å². The Hall–Kier alpha value is -3.59. The molecule has 3 aromatic carbocycles. The predicted molar refractivity (Wildman–Crippen MR) is 107 cm³/mol. The number of rotatable bonds is 1. The molecule has 0 amide bonds. The van der Waals surface area contributed by atoms with Gasteiger partial charge < -0.3 is 4.98 Å². The van der Waals surface area contributed by atoms with Crippen LogP contribution in [0.3, 0.4) is 0 Å². The molecular formula is C23H15N3. The number of imidazole rings is 1. The van der Waals surface area contributed by atoms with Crippen molar-refractivity contribution in [1.82, 2.24) is 14.4 Å². The van der Waals surface area contributed by atoms with E-state index >= 15 is 0 Å². The van der Waals surface area contributed by atoms with Gasteiger partial charge >= 0.3 is 0 Å². The number of nitrogens with one attached hydrogen (secondary N) is 1. The molecule has 0 saturated carbocycles. The summed E-state index contributed by atoms with van der Waals surface area (Å²) in [5.41, 5.74) is 5.33. The summed E-state index contributed by atoms with van der Waals surface area (Å²) >= 11 is 0. The van der Waals surface area contributed by atoms with E-state index in [4.69, 9.17) is 4.98 Å². The third-order valence-electron chi connectivity index (χ3n) is 5.20. The van der Waals surface area contributed by atoms with Gasteiger partial charge in [0.05, 0.1) is 0 Å². The number of H-pyrrole nitrogens is 1. The van der Waals surface area contributed by atoms with E-state index in [1.54, 1.807) is 0 Å². The average Bonchev–Trinajstić information content (AvgIpc) is 3.27. The molecule has 0 aliphatic rings. The number of benzene rings is 3. The zero-order valence-corrected chi connectivity index (χ0v) is 14.0. The van der Waals surface area contributed by atoms with Crippen LogP contribution < -0.4 is 0 Å². The van der Waals surface area contributed by atoms with Crippen LogP contribution >= 0.6 is 0 Å². The molecule has 3 aromatic heterocycles. The summed E-state index contributed by atoms with van der Waals surface area (Å²) in [6.45, 7) is 0. The molecule has 0 saturated heterocycles. The Morgan fingerprint density at radius 3 is 2.54 bits per heavy atom. The Bertz CT molecular complexity index is 1440.